The predicted octanol–water partition coefficient (Wildman–Crippen LogP) is 3.58. The number of nitrogen functional groups attached to an aromatic ring is 1. The average molecular weight is 417 g/mol. The summed E-state index contributed by atoms with van der Waals surface area (Å²) in [5.74, 6) is 0.282. The Bertz CT molecular complexity index is 1040. The van der Waals surface area contributed by atoms with Gasteiger partial charge >= 0.3 is 6.18 Å². The normalized spacial score (nSPS) is 26.2. The molecule has 0 amide bonds. The summed E-state index contributed by atoms with van der Waals surface area (Å²) in [4.78, 5) is 6.15. The molecule has 6 rings (SSSR count). The number of hydrogen-bond acceptors (Lipinski definition) is 5. The number of nitrogens with two attached hydrogens (primary N) is 1. The van der Waals surface area contributed by atoms with Gasteiger partial charge in [-0.3, -0.25) is 4.68 Å². The van der Waals surface area contributed by atoms with Crippen LogP contribution in [-0.4, -0.2) is 45.5 Å². The lowest BCUT2D eigenvalue weighted by Crippen LogP contribution is -2.46. The Morgan fingerprint density at radius 2 is 1.93 bits per heavy atom. The van der Waals surface area contributed by atoms with Crippen LogP contribution in [0.25, 0.3) is 11.3 Å². The third-order valence-corrected chi connectivity index (χ3v) is 6.92. The Balaban J connectivity index is 1.34. The SMILES string of the molecule is Nc1ncc(-c2cc([C@@H]3C4=CN(C5COC5)CC43)n(C3CCC3)n2)cc1C(F)(F)F. The number of pyridine rings is 1. The van der Waals surface area contributed by atoms with Crippen molar-refractivity contribution < 1.29 is 17.9 Å². The maximum atomic E-state index is 13.3. The number of alkyl halides is 3. The van der Waals surface area contributed by atoms with Crippen LogP contribution in [0.3, 0.4) is 0 Å². The van der Waals surface area contributed by atoms with Crippen LogP contribution in [0.2, 0.25) is 0 Å². The highest BCUT2D eigenvalue weighted by molar-refractivity contribution is 5.64. The molecule has 6 nitrogen and oxygen atoms in total. The molecule has 2 aromatic rings. The van der Waals surface area contributed by atoms with Crippen molar-refractivity contribution >= 4 is 5.82 Å². The highest BCUT2D eigenvalue weighted by Crippen LogP contribution is 2.58. The van der Waals surface area contributed by atoms with Crippen LogP contribution in [0.15, 0.2) is 30.1 Å². The Kier molecular flexibility index (Phi) is 3.79. The molecule has 1 saturated heterocycles. The Morgan fingerprint density at radius 3 is 2.50 bits per heavy atom. The fraction of sp³-hybridized carbons (Fsp3) is 0.524. The van der Waals surface area contributed by atoms with E-state index in [-0.39, 0.29) is 0 Å². The smallest absolute Gasteiger partial charge is 0.383 e. The van der Waals surface area contributed by atoms with Gasteiger partial charge in [0.1, 0.15) is 5.82 Å². The molecule has 2 N–H and O–H groups in total. The number of nitrogens with zero attached hydrogens (tertiary/aromatic N) is 4. The van der Waals surface area contributed by atoms with Crippen LogP contribution < -0.4 is 5.73 Å². The van der Waals surface area contributed by atoms with E-state index in [2.05, 4.69) is 20.8 Å². The van der Waals surface area contributed by atoms with Crippen LogP contribution in [0.1, 0.15) is 42.5 Å². The van der Waals surface area contributed by atoms with Crippen molar-refractivity contribution in [3.05, 3.63) is 41.4 Å². The number of aromatic nitrogens is 3. The Morgan fingerprint density at radius 1 is 1.13 bits per heavy atom. The monoisotopic (exact) mass is 417 g/mol. The van der Waals surface area contributed by atoms with Gasteiger partial charge in [-0.2, -0.15) is 18.3 Å². The molecule has 2 aliphatic carbocycles. The number of fused-ring (bicyclic) bond motifs is 1. The number of halogens is 3. The molecule has 30 heavy (non-hydrogen) atoms. The van der Waals surface area contributed by atoms with E-state index in [0.29, 0.717) is 35.2 Å². The zero-order chi connectivity index (χ0) is 20.6. The van der Waals surface area contributed by atoms with E-state index >= 15 is 0 Å². The molecule has 2 atom stereocenters. The van der Waals surface area contributed by atoms with Gasteiger partial charge in [-0.05, 0) is 43.2 Å². The molecule has 4 heterocycles. The fourth-order valence-electron chi connectivity index (χ4n) is 4.79. The van der Waals surface area contributed by atoms with Gasteiger partial charge in [-0.15, -0.1) is 0 Å². The Labute approximate surface area is 171 Å². The number of ether oxygens (including phenoxy) is 1. The molecule has 158 valence electrons. The van der Waals surface area contributed by atoms with E-state index in [0.717, 1.165) is 50.8 Å². The maximum absolute atomic E-state index is 13.3. The standard InChI is InChI=1S/C21H22F3N5O/c22-21(23,24)16-4-11(6-26-20(16)25)17-5-18(29(27-17)12-2-1-3-12)19-14-7-28(8-15(14)19)13-9-30-10-13/h4-7,12-13,15,19H,1-3,8-10H2,(H2,25,26)/t15?,19-/m1/s1. The van der Waals surface area contributed by atoms with E-state index in [1.807, 2.05) is 6.07 Å². The van der Waals surface area contributed by atoms with E-state index in [1.165, 1.54) is 11.8 Å². The van der Waals surface area contributed by atoms with E-state index in [1.54, 1.807) is 0 Å². The number of hydrogen-bond donors (Lipinski definition) is 1. The van der Waals surface area contributed by atoms with Gasteiger partial charge in [-0.1, -0.05) is 0 Å². The minimum Gasteiger partial charge on any atom is -0.383 e. The fourth-order valence-corrected chi connectivity index (χ4v) is 4.79. The van der Waals surface area contributed by atoms with Crippen LogP contribution in [-0.2, 0) is 10.9 Å². The summed E-state index contributed by atoms with van der Waals surface area (Å²) in [6, 6.07) is 3.83. The highest BCUT2D eigenvalue weighted by Gasteiger charge is 2.53. The summed E-state index contributed by atoms with van der Waals surface area (Å²) in [6.45, 7) is 2.56. The summed E-state index contributed by atoms with van der Waals surface area (Å²) >= 11 is 0. The van der Waals surface area contributed by atoms with Crippen molar-refractivity contribution in [1.82, 2.24) is 19.7 Å². The number of rotatable bonds is 4. The molecular formula is C21H22F3N5O. The van der Waals surface area contributed by atoms with Crippen LogP contribution in [0.5, 0.6) is 0 Å². The third kappa shape index (κ3) is 2.74. The molecule has 4 aliphatic rings. The molecule has 1 unspecified atom stereocenters. The van der Waals surface area contributed by atoms with Gasteiger partial charge in [0.05, 0.1) is 36.6 Å². The molecule has 0 radical (unpaired) electrons. The largest absolute Gasteiger partial charge is 0.419 e. The van der Waals surface area contributed by atoms with Gasteiger partial charge in [0.25, 0.3) is 0 Å². The van der Waals surface area contributed by atoms with Crippen molar-refractivity contribution in [3.8, 4) is 11.3 Å². The summed E-state index contributed by atoms with van der Waals surface area (Å²) < 4.78 is 47.2. The van der Waals surface area contributed by atoms with E-state index in [9.17, 15) is 13.2 Å². The first-order valence-corrected chi connectivity index (χ1v) is 10.4. The minimum atomic E-state index is -4.54. The van der Waals surface area contributed by atoms with Crippen molar-refractivity contribution in [2.24, 2.45) is 5.92 Å². The molecule has 2 aromatic heterocycles. The molecule has 9 heteroatoms. The van der Waals surface area contributed by atoms with E-state index < -0.39 is 17.6 Å². The van der Waals surface area contributed by atoms with E-state index in [4.69, 9.17) is 15.6 Å². The summed E-state index contributed by atoms with van der Waals surface area (Å²) in [5.41, 5.74) is 7.95. The number of anilines is 1. The molecule has 3 fully saturated rings. The van der Waals surface area contributed by atoms with Gasteiger partial charge in [0.15, 0.2) is 0 Å². The Hall–Kier alpha value is -2.55. The minimum absolute atomic E-state index is 0.313. The van der Waals surface area contributed by atoms with Gasteiger partial charge in [0.2, 0.25) is 0 Å². The first kappa shape index (κ1) is 18.2. The average Bonchev–Trinajstić information content (AvgIpc) is 2.94. The highest BCUT2D eigenvalue weighted by atomic mass is 19.4. The molecule has 0 aromatic carbocycles. The molecule has 2 aliphatic heterocycles. The van der Waals surface area contributed by atoms with Crippen LogP contribution in [0, 0.1) is 5.92 Å². The first-order chi connectivity index (χ1) is 14.4. The lowest BCUT2D eigenvalue weighted by molar-refractivity contribution is -0.137. The van der Waals surface area contributed by atoms with Gasteiger partial charge < -0.3 is 15.4 Å². The zero-order valence-electron chi connectivity index (χ0n) is 16.3. The zero-order valence-corrected chi connectivity index (χ0v) is 16.3. The second-order valence-electron chi connectivity index (χ2n) is 8.74. The summed E-state index contributed by atoms with van der Waals surface area (Å²) in [5, 5.41) is 4.73. The van der Waals surface area contributed by atoms with Crippen LogP contribution in [0.4, 0.5) is 19.0 Å². The third-order valence-electron chi connectivity index (χ3n) is 6.92. The van der Waals surface area contributed by atoms with Crippen molar-refractivity contribution in [2.75, 3.05) is 25.5 Å². The lowest BCUT2D eigenvalue weighted by atomic mass is 9.93. The second-order valence-corrected chi connectivity index (χ2v) is 8.74. The quantitative estimate of drug-likeness (QED) is 0.824. The van der Waals surface area contributed by atoms with Crippen LogP contribution >= 0.6 is 0 Å². The molecular weight excluding hydrogens is 395 g/mol. The first-order valence-electron chi connectivity index (χ1n) is 10.4. The molecule has 2 saturated carbocycles. The maximum Gasteiger partial charge on any atom is 0.419 e. The van der Waals surface area contributed by atoms with Gasteiger partial charge in [0, 0.05) is 35.8 Å². The summed E-state index contributed by atoms with van der Waals surface area (Å²) in [7, 11) is 0. The van der Waals surface area contributed by atoms with Crippen molar-refractivity contribution in [1.29, 1.82) is 0 Å². The molecule has 0 bridgehead atoms. The van der Waals surface area contributed by atoms with Crippen molar-refractivity contribution in [3.63, 3.8) is 0 Å². The molecule has 0 spiro atoms. The summed E-state index contributed by atoms with van der Waals surface area (Å²) in [6.07, 6.45) is 2.38. The topological polar surface area (TPSA) is 69.2 Å². The van der Waals surface area contributed by atoms with Gasteiger partial charge in [-0.25, -0.2) is 4.98 Å². The predicted molar refractivity (Wildman–Crippen MR) is 103 cm³/mol. The lowest BCUT2D eigenvalue weighted by Gasteiger charge is -2.35. The second kappa shape index (κ2) is 6.23. The van der Waals surface area contributed by atoms with Crippen molar-refractivity contribution in [2.45, 2.75) is 43.4 Å².